The number of aromatic nitrogens is 2. The van der Waals surface area contributed by atoms with Gasteiger partial charge in [-0.25, -0.2) is 0 Å². The second-order valence-electron chi connectivity index (χ2n) is 7.47. The lowest BCUT2D eigenvalue weighted by Gasteiger charge is -2.50. The molecule has 2 saturated heterocycles. The maximum Gasteiger partial charge on any atom is 0.257 e. The first kappa shape index (κ1) is 17.4. The number of likely N-dealkylation sites (N-methyl/N-ethyl adjacent to an activating group) is 1. The topological polar surface area (TPSA) is 79.6 Å². The number of rotatable bonds is 2. The van der Waals surface area contributed by atoms with Gasteiger partial charge in [0.1, 0.15) is 5.60 Å². The van der Waals surface area contributed by atoms with Crippen molar-refractivity contribution >= 4 is 5.91 Å². The fourth-order valence-electron chi connectivity index (χ4n) is 3.91. The van der Waals surface area contributed by atoms with Crippen LogP contribution >= 0.6 is 0 Å². The molecule has 7 nitrogen and oxygen atoms in total. The highest BCUT2D eigenvalue weighted by Crippen LogP contribution is 2.38. The Morgan fingerprint density at radius 2 is 2.12 bits per heavy atom. The van der Waals surface area contributed by atoms with Crippen molar-refractivity contribution in [2.75, 3.05) is 26.7 Å². The molecule has 3 rings (SSSR count). The first-order chi connectivity index (χ1) is 11.3. The van der Waals surface area contributed by atoms with Gasteiger partial charge in [-0.1, -0.05) is 0 Å². The maximum absolute atomic E-state index is 12.7. The predicted octanol–water partition coefficient (Wildman–Crippen LogP) is 0.463. The summed E-state index contributed by atoms with van der Waals surface area (Å²) in [5, 5.41) is 17.9. The summed E-state index contributed by atoms with van der Waals surface area (Å²) in [6, 6.07) is 0.00840. The van der Waals surface area contributed by atoms with E-state index in [1.807, 2.05) is 32.8 Å². The quantitative estimate of drug-likeness (QED) is 0.820. The van der Waals surface area contributed by atoms with Crippen LogP contribution in [-0.2, 0) is 11.8 Å². The molecule has 2 aliphatic heterocycles. The van der Waals surface area contributed by atoms with E-state index >= 15 is 0 Å². The Bertz CT molecular complexity index is 617. The van der Waals surface area contributed by atoms with Gasteiger partial charge in [0.2, 0.25) is 0 Å². The zero-order valence-electron chi connectivity index (χ0n) is 15.0. The SMILES string of the molecule is CN[C@H]1CC2(CCN(C(=O)c3cn(C)nc3C)CC2)OC[C@]1(C)O. The number of hydrogen-bond acceptors (Lipinski definition) is 5. The van der Waals surface area contributed by atoms with Crippen molar-refractivity contribution in [2.45, 2.75) is 50.4 Å². The molecular formula is C17H28N4O3. The van der Waals surface area contributed by atoms with E-state index < -0.39 is 5.60 Å². The zero-order chi connectivity index (χ0) is 17.5. The van der Waals surface area contributed by atoms with Crippen molar-refractivity contribution in [1.29, 1.82) is 0 Å². The fourth-order valence-corrected chi connectivity index (χ4v) is 3.91. The summed E-state index contributed by atoms with van der Waals surface area (Å²) >= 11 is 0. The normalized spacial score (nSPS) is 29.9. The van der Waals surface area contributed by atoms with Crippen molar-refractivity contribution in [3.05, 3.63) is 17.5 Å². The smallest absolute Gasteiger partial charge is 0.257 e. The molecule has 3 heterocycles. The lowest BCUT2D eigenvalue weighted by atomic mass is 9.77. The van der Waals surface area contributed by atoms with Gasteiger partial charge in [-0.3, -0.25) is 9.48 Å². The van der Waals surface area contributed by atoms with Crippen LogP contribution in [0, 0.1) is 6.92 Å². The Kier molecular flexibility index (Phi) is 4.44. The van der Waals surface area contributed by atoms with Crippen LogP contribution in [0.2, 0.25) is 0 Å². The summed E-state index contributed by atoms with van der Waals surface area (Å²) in [4.78, 5) is 14.6. The van der Waals surface area contributed by atoms with Gasteiger partial charge in [-0.2, -0.15) is 5.10 Å². The number of hydrogen-bond donors (Lipinski definition) is 2. The van der Waals surface area contributed by atoms with E-state index in [1.54, 1.807) is 10.9 Å². The Hall–Kier alpha value is -1.44. The molecule has 0 aromatic carbocycles. The van der Waals surface area contributed by atoms with Gasteiger partial charge >= 0.3 is 0 Å². The summed E-state index contributed by atoms with van der Waals surface area (Å²) in [7, 11) is 3.70. The first-order valence-corrected chi connectivity index (χ1v) is 8.59. The van der Waals surface area contributed by atoms with Crippen molar-refractivity contribution in [2.24, 2.45) is 7.05 Å². The average molecular weight is 336 g/mol. The molecule has 1 amide bonds. The third kappa shape index (κ3) is 3.08. The van der Waals surface area contributed by atoms with Gasteiger partial charge in [-0.15, -0.1) is 0 Å². The van der Waals surface area contributed by atoms with Gasteiger partial charge in [0.15, 0.2) is 0 Å². The summed E-state index contributed by atoms with van der Waals surface area (Å²) in [6.45, 7) is 5.35. The van der Waals surface area contributed by atoms with Crippen LogP contribution in [0.1, 0.15) is 42.2 Å². The Morgan fingerprint density at radius 3 is 2.67 bits per heavy atom. The molecule has 0 aliphatic carbocycles. The molecule has 1 aromatic rings. The molecule has 0 bridgehead atoms. The molecule has 2 fully saturated rings. The van der Waals surface area contributed by atoms with Crippen LogP contribution in [0.3, 0.4) is 0 Å². The van der Waals surface area contributed by atoms with Gasteiger partial charge in [-0.05, 0) is 40.2 Å². The summed E-state index contributed by atoms with van der Waals surface area (Å²) in [6.07, 6.45) is 4.15. The minimum Gasteiger partial charge on any atom is -0.386 e. The molecule has 2 N–H and O–H groups in total. The summed E-state index contributed by atoms with van der Waals surface area (Å²) in [5.41, 5.74) is 0.355. The van der Waals surface area contributed by atoms with Crippen LogP contribution in [0.5, 0.6) is 0 Å². The zero-order valence-corrected chi connectivity index (χ0v) is 15.0. The number of carbonyl (C=O) groups is 1. The second-order valence-corrected chi connectivity index (χ2v) is 7.47. The average Bonchev–Trinajstić information content (AvgIpc) is 2.88. The fraction of sp³-hybridized carbons (Fsp3) is 0.765. The number of likely N-dealkylation sites (tertiary alicyclic amines) is 1. The van der Waals surface area contributed by atoms with Crippen LogP contribution in [-0.4, -0.2) is 69.7 Å². The van der Waals surface area contributed by atoms with E-state index in [2.05, 4.69) is 10.4 Å². The van der Waals surface area contributed by atoms with E-state index in [9.17, 15) is 9.90 Å². The standard InChI is InChI=1S/C17H28N4O3/c1-12-13(10-20(4)19-12)15(22)21-7-5-17(6-8-21)9-14(18-3)16(2,23)11-24-17/h10,14,18,23H,5-9,11H2,1-4H3/t14-,16-/m0/s1. The summed E-state index contributed by atoms with van der Waals surface area (Å²) < 4.78 is 7.75. The first-order valence-electron chi connectivity index (χ1n) is 8.59. The highest BCUT2D eigenvalue weighted by Gasteiger charge is 2.48. The maximum atomic E-state index is 12.7. The van der Waals surface area contributed by atoms with Crippen molar-refractivity contribution in [3.63, 3.8) is 0 Å². The number of piperidine rings is 1. The van der Waals surface area contributed by atoms with Crippen LogP contribution in [0.15, 0.2) is 6.20 Å². The van der Waals surface area contributed by atoms with Crippen molar-refractivity contribution in [3.8, 4) is 0 Å². The van der Waals surface area contributed by atoms with Crippen LogP contribution < -0.4 is 5.32 Å². The van der Waals surface area contributed by atoms with Gasteiger partial charge < -0.3 is 20.1 Å². The number of nitrogens with zero attached hydrogens (tertiary/aromatic N) is 3. The third-order valence-corrected chi connectivity index (χ3v) is 5.55. The number of ether oxygens (including phenoxy) is 1. The lowest BCUT2D eigenvalue weighted by molar-refractivity contribution is -0.189. The number of nitrogens with one attached hydrogen (secondary N) is 1. The third-order valence-electron chi connectivity index (χ3n) is 5.55. The molecule has 1 spiro atoms. The highest BCUT2D eigenvalue weighted by atomic mass is 16.5. The molecule has 0 radical (unpaired) electrons. The Morgan fingerprint density at radius 1 is 1.46 bits per heavy atom. The molecule has 134 valence electrons. The Balaban J connectivity index is 1.66. The van der Waals surface area contributed by atoms with E-state index in [-0.39, 0.29) is 17.6 Å². The van der Waals surface area contributed by atoms with Gasteiger partial charge in [0, 0.05) is 32.4 Å². The monoisotopic (exact) mass is 336 g/mol. The molecule has 2 atom stereocenters. The molecule has 24 heavy (non-hydrogen) atoms. The van der Waals surface area contributed by atoms with E-state index in [4.69, 9.17) is 4.74 Å². The molecule has 0 saturated carbocycles. The van der Waals surface area contributed by atoms with Crippen LogP contribution in [0.25, 0.3) is 0 Å². The molecule has 1 aromatic heterocycles. The van der Waals surface area contributed by atoms with E-state index in [1.165, 1.54) is 0 Å². The highest BCUT2D eigenvalue weighted by molar-refractivity contribution is 5.95. The Labute approximate surface area is 143 Å². The van der Waals surface area contributed by atoms with Gasteiger partial charge in [0.05, 0.1) is 23.5 Å². The van der Waals surface area contributed by atoms with E-state index in [0.717, 1.165) is 25.0 Å². The van der Waals surface area contributed by atoms with Gasteiger partial charge in [0.25, 0.3) is 5.91 Å². The minimum absolute atomic E-state index is 0.00840. The minimum atomic E-state index is -0.847. The second kappa shape index (κ2) is 6.13. The molecular weight excluding hydrogens is 308 g/mol. The number of carbonyl (C=O) groups excluding carboxylic acids is 1. The van der Waals surface area contributed by atoms with Crippen molar-refractivity contribution in [1.82, 2.24) is 20.0 Å². The van der Waals surface area contributed by atoms with Crippen LogP contribution in [0.4, 0.5) is 0 Å². The molecule has 2 aliphatic rings. The largest absolute Gasteiger partial charge is 0.386 e. The number of aryl methyl sites for hydroxylation is 2. The predicted molar refractivity (Wildman–Crippen MR) is 89.9 cm³/mol. The van der Waals surface area contributed by atoms with E-state index in [0.29, 0.717) is 25.3 Å². The summed E-state index contributed by atoms with van der Waals surface area (Å²) in [5.74, 6) is 0.0448. The number of amides is 1. The molecule has 7 heteroatoms. The lowest BCUT2D eigenvalue weighted by Crippen LogP contribution is -2.62. The van der Waals surface area contributed by atoms with Crippen molar-refractivity contribution < 1.29 is 14.6 Å². The number of aliphatic hydroxyl groups is 1. The molecule has 0 unspecified atom stereocenters.